The topological polar surface area (TPSA) is 122 Å². The molecule has 0 heterocycles. The number of hydrogen-bond donors (Lipinski definition) is 4. The third-order valence-electron chi connectivity index (χ3n) is 3.96. The molecule has 0 saturated heterocycles. The van der Waals surface area contributed by atoms with Crippen LogP contribution in [0.25, 0.3) is 0 Å². The van der Waals surface area contributed by atoms with Crippen molar-refractivity contribution in [3.8, 4) is 0 Å². The summed E-state index contributed by atoms with van der Waals surface area (Å²) in [6, 6.07) is 16.7. The Morgan fingerprint density at radius 1 is 0.852 bits per heavy atom. The molecule has 0 saturated carbocycles. The first kappa shape index (κ1) is 20.1. The highest BCUT2D eigenvalue weighted by molar-refractivity contribution is 5.91. The van der Waals surface area contributed by atoms with Gasteiger partial charge in [0, 0.05) is 6.42 Å². The number of carboxylic acid groups (broad SMARTS) is 1. The predicted molar refractivity (Wildman–Crippen MR) is 101 cm³/mol. The van der Waals surface area contributed by atoms with Gasteiger partial charge in [-0.25, -0.2) is 0 Å². The largest absolute Gasteiger partial charge is 0.480 e. The summed E-state index contributed by atoms with van der Waals surface area (Å²) in [5.74, 6) is -2.19. The molecule has 7 heteroatoms. The van der Waals surface area contributed by atoms with Gasteiger partial charge in [-0.3, -0.25) is 14.4 Å². The Morgan fingerprint density at radius 3 is 1.89 bits per heavy atom. The van der Waals surface area contributed by atoms with Crippen molar-refractivity contribution in [2.75, 3.05) is 6.54 Å². The van der Waals surface area contributed by atoms with E-state index in [1.165, 1.54) is 0 Å². The van der Waals surface area contributed by atoms with Gasteiger partial charge in [0.25, 0.3) is 0 Å². The summed E-state index contributed by atoms with van der Waals surface area (Å²) < 4.78 is 0. The van der Waals surface area contributed by atoms with Gasteiger partial charge in [0.15, 0.2) is 0 Å². The van der Waals surface area contributed by atoms with Crippen molar-refractivity contribution in [3.63, 3.8) is 0 Å². The highest BCUT2D eigenvalue weighted by Gasteiger charge is 2.24. The minimum Gasteiger partial charge on any atom is -0.480 e. The van der Waals surface area contributed by atoms with E-state index in [2.05, 4.69) is 10.6 Å². The second kappa shape index (κ2) is 10.1. The van der Waals surface area contributed by atoms with Crippen molar-refractivity contribution in [1.29, 1.82) is 0 Å². The molecule has 0 aromatic heterocycles. The Balaban J connectivity index is 2.03. The van der Waals surface area contributed by atoms with E-state index in [4.69, 9.17) is 10.8 Å². The minimum absolute atomic E-state index is 0.232. The molecule has 0 radical (unpaired) electrons. The average Bonchev–Trinajstić information content (AvgIpc) is 2.67. The molecule has 5 N–H and O–H groups in total. The van der Waals surface area contributed by atoms with Crippen LogP contribution >= 0.6 is 0 Å². The maximum absolute atomic E-state index is 12.5. The third kappa shape index (κ3) is 6.91. The van der Waals surface area contributed by atoms with Crippen LogP contribution in [0.4, 0.5) is 0 Å². The third-order valence-corrected chi connectivity index (χ3v) is 3.96. The van der Waals surface area contributed by atoms with Gasteiger partial charge in [-0.05, 0) is 17.5 Å². The molecular weight excluding hydrogens is 346 g/mol. The maximum Gasteiger partial charge on any atom is 0.322 e. The predicted octanol–water partition coefficient (Wildman–Crippen LogP) is 0.485. The first-order chi connectivity index (χ1) is 13.0. The molecule has 0 aliphatic carbocycles. The van der Waals surface area contributed by atoms with E-state index < -0.39 is 36.4 Å². The molecule has 2 atom stereocenters. The standard InChI is InChI=1S/C20H23N3O4/c21-16(11-14-7-3-1-4-8-14)19(26)23-17(20(27)22-13-18(24)25)12-15-9-5-2-6-10-15/h1-10,16-17H,11-13,21H2,(H,22,27)(H,23,26)(H,24,25)/t16-,17-/m1/s1. The lowest BCUT2D eigenvalue weighted by Gasteiger charge is -2.20. The second-order valence-electron chi connectivity index (χ2n) is 6.16. The number of carbonyl (C=O) groups is 3. The van der Waals surface area contributed by atoms with Crippen molar-refractivity contribution in [2.24, 2.45) is 5.73 Å². The Morgan fingerprint density at radius 2 is 1.37 bits per heavy atom. The van der Waals surface area contributed by atoms with E-state index in [9.17, 15) is 14.4 Å². The van der Waals surface area contributed by atoms with Crippen molar-refractivity contribution in [3.05, 3.63) is 71.8 Å². The minimum atomic E-state index is -1.16. The molecule has 2 aromatic rings. The Kier molecular flexibility index (Phi) is 7.51. The molecule has 2 rings (SSSR count). The average molecular weight is 369 g/mol. The molecule has 0 fully saturated rings. The normalized spacial score (nSPS) is 12.6. The van der Waals surface area contributed by atoms with Crippen LogP contribution in [0.15, 0.2) is 60.7 Å². The van der Waals surface area contributed by atoms with Gasteiger partial charge >= 0.3 is 5.97 Å². The lowest BCUT2D eigenvalue weighted by atomic mass is 10.0. The molecule has 7 nitrogen and oxygen atoms in total. The smallest absolute Gasteiger partial charge is 0.322 e. The zero-order valence-electron chi connectivity index (χ0n) is 14.8. The van der Waals surface area contributed by atoms with Crippen LogP contribution in [0.3, 0.4) is 0 Å². The number of carbonyl (C=O) groups excluding carboxylic acids is 2. The van der Waals surface area contributed by atoms with Crippen molar-refractivity contribution >= 4 is 17.8 Å². The molecule has 27 heavy (non-hydrogen) atoms. The second-order valence-corrected chi connectivity index (χ2v) is 6.16. The molecule has 0 aliphatic rings. The van der Waals surface area contributed by atoms with Gasteiger partial charge in [-0.15, -0.1) is 0 Å². The lowest BCUT2D eigenvalue weighted by molar-refractivity contribution is -0.138. The first-order valence-electron chi connectivity index (χ1n) is 8.59. The van der Waals surface area contributed by atoms with Crippen LogP contribution in [-0.2, 0) is 27.2 Å². The van der Waals surface area contributed by atoms with Gasteiger partial charge in [0.2, 0.25) is 11.8 Å². The van der Waals surface area contributed by atoms with Crippen molar-refractivity contribution < 1.29 is 19.5 Å². The summed E-state index contributed by atoms with van der Waals surface area (Å²) in [6.07, 6.45) is 0.567. The summed E-state index contributed by atoms with van der Waals surface area (Å²) in [4.78, 5) is 35.5. The van der Waals surface area contributed by atoms with Crippen LogP contribution in [0, 0.1) is 0 Å². The summed E-state index contributed by atoms with van der Waals surface area (Å²) in [5.41, 5.74) is 7.73. The highest BCUT2D eigenvalue weighted by atomic mass is 16.4. The van der Waals surface area contributed by atoms with Crippen LogP contribution in [-0.4, -0.2) is 41.5 Å². The number of amides is 2. The SMILES string of the molecule is N[C@H](Cc1ccccc1)C(=O)N[C@H](Cc1ccccc1)C(=O)NCC(=O)O. The van der Waals surface area contributed by atoms with E-state index in [-0.39, 0.29) is 6.42 Å². The molecule has 0 unspecified atom stereocenters. The van der Waals surface area contributed by atoms with Gasteiger partial charge in [0.1, 0.15) is 12.6 Å². The number of benzene rings is 2. The first-order valence-corrected chi connectivity index (χ1v) is 8.59. The van der Waals surface area contributed by atoms with E-state index in [0.717, 1.165) is 11.1 Å². The molecule has 0 spiro atoms. The summed E-state index contributed by atoms with van der Waals surface area (Å²) in [5, 5.41) is 13.7. The quantitative estimate of drug-likeness (QED) is 0.512. The van der Waals surface area contributed by atoms with E-state index >= 15 is 0 Å². The van der Waals surface area contributed by atoms with Gasteiger partial charge in [-0.1, -0.05) is 60.7 Å². The molecular formula is C20H23N3O4. The molecule has 0 aliphatic heterocycles. The van der Waals surface area contributed by atoms with Crippen molar-refractivity contribution in [2.45, 2.75) is 24.9 Å². The zero-order valence-corrected chi connectivity index (χ0v) is 14.8. The Bertz CT molecular complexity index is 765. The lowest BCUT2D eigenvalue weighted by Crippen LogP contribution is -2.53. The summed E-state index contributed by atoms with van der Waals surface area (Å²) in [7, 11) is 0. The number of rotatable bonds is 9. The van der Waals surface area contributed by atoms with E-state index in [0.29, 0.717) is 6.42 Å². The van der Waals surface area contributed by atoms with Crippen LogP contribution in [0.5, 0.6) is 0 Å². The van der Waals surface area contributed by atoms with Crippen LogP contribution < -0.4 is 16.4 Å². The Labute approximate surface area is 157 Å². The fraction of sp³-hybridized carbons (Fsp3) is 0.250. The van der Waals surface area contributed by atoms with Gasteiger partial charge in [-0.2, -0.15) is 0 Å². The zero-order chi connectivity index (χ0) is 19.6. The summed E-state index contributed by atoms with van der Waals surface area (Å²) in [6.45, 7) is -0.518. The van der Waals surface area contributed by atoms with Crippen molar-refractivity contribution in [1.82, 2.24) is 10.6 Å². The number of nitrogens with two attached hydrogens (primary N) is 1. The van der Waals surface area contributed by atoms with E-state index in [1.54, 1.807) is 0 Å². The van der Waals surface area contributed by atoms with E-state index in [1.807, 2.05) is 60.7 Å². The molecule has 2 aromatic carbocycles. The summed E-state index contributed by atoms with van der Waals surface area (Å²) >= 11 is 0. The number of carboxylic acids is 1. The monoisotopic (exact) mass is 369 g/mol. The van der Waals surface area contributed by atoms with Gasteiger partial charge < -0.3 is 21.5 Å². The molecule has 0 bridgehead atoms. The number of hydrogen-bond acceptors (Lipinski definition) is 4. The van der Waals surface area contributed by atoms with Crippen LogP contribution in [0.2, 0.25) is 0 Å². The molecule has 2 amide bonds. The fourth-order valence-corrected chi connectivity index (χ4v) is 2.58. The van der Waals surface area contributed by atoms with Crippen LogP contribution in [0.1, 0.15) is 11.1 Å². The Hall–Kier alpha value is -3.19. The van der Waals surface area contributed by atoms with Gasteiger partial charge in [0.05, 0.1) is 6.04 Å². The number of aliphatic carboxylic acids is 1. The fourth-order valence-electron chi connectivity index (χ4n) is 2.58. The number of nitrogens with one attached hydrogen (secondary N) is 2. The maximum atomic E-state index is 12.5. The highest BCUT2D eigenvalue weighted by Crippen LogP contribution is 2.06. The molecule has 142 valence electrons.